The molecule has 1 aromatic carbocycles. The molecule has 1 aromatic rings. The molecule has 2 nitrogen and oxygen atoms in total. The van der Waals surface area contributed by atoms with Gasteiger partial charge in [0.05, 0.1) is 0 Å². The van der Waals surface area contributed by atoms with Gasteiger partial charge >= 0.3 is 0 Å². The van der Waals surface area contributed by atoms with Gasteiger partial charge in [0.2, 0.25) is 0 Å². The first-order valence-electron chi connectivity index (χ1n) is 7.08. The molecule has 0 radical (unpaired) electrons. The molecule has 0 amide bonds. The number of benzene rings is 1. The lowest BCUT2D eigenvalue weighted by Gasteiger charge is -2.42. The highest BCUT2D eigenvalue weighted by Crippen LogP contribution is 2.22. The molecule has 3 heteroatoms. The number of halogens is 1. The Morgan fingerprint density at radius 1 is 1.26 bits per heavy atom. The zero-order valence-corrected chi connectivity index (χ0v) is 12.8. The van der Waals surface area contributed by atoms with Gasteiger partial charge in [-0.05, 0) is 63.5 Å². The highest BCUT2D eigenvalue weighted by atomic mass is 19.1. The highest BCUT2D eigenvalue weighted by molar-refractivity contribution is 5.28. The maximum Gasteiger partial charge on any atom is 0.123 e. The van der Waals surface area contributed by atoms with Gasteiger partial charge in [0.15, 0.2) is 0 Å². The third-order valence-electron chi connectivity index (χ3n) is 4.24. The average Bonchev–Trinajstić information content (AvgIpc) is 2.35. The zero-order valence-electron chi connectivity index (χ0n) is 12.8. The average molecular weight is 266 g/mol. The minimum Gasteiger partial charge on any atom is -0.326 e. The molecule has 0 spiro atoms. The summed E-state index contributed by atoms with van der Waals surface area (Å²) in [5.41, 5.74) is 8.41. The molecular weight excluding hydrogens is 239 g/mol. The molecule has 0 saturated carbocycles. The number of hydrogen-bond acceptors (Lipinski definition) is 2. The summed E-state index contributed by atoms with van der Waals surface area (Å²) in [5.74, 6) is -0.187. The summed E-state index contributed by atoms with van der Waals surface area (Å²) >= 11 is 0. The molecule has 0 aromatic heterocycles. The lowest BCUT2D eigenvalue weighted by Crippen LogP contribution is -2.56. The lowest BCUT2D eigenvalue weighted by molar-refractivity contribution is 0.106. The summed E-state index contributed by atoms with van der Waals surface area (Å²) in [6, 6.07) is 4.91. The van der Waals surface area contributed by atoms with E-state index >= 15 is 0 Å². The van der Waals surface area contributed by atoms with Gasteiger partial charge in [0.1, 0.15) is 5.82 Å². The van der Waals surface area contributed by atoms with Gasteiger partial charge in [-0.1, -0.05) is 19.9 Å². The smallest absolute Gasteiger partial charge is 0.123 e. The second kappa shape index (κ2) is 6.49. The highest BCUT2D eigenvalue weighted by Gasteiger charge is 2.31. The van der Waals surface area contributed by atoms with E-state index in [0.29, 0.717) is 6.42 Å². The van der Waals surface area contributed by atoms with Crippen molar-refractivity contribution in [1.82, 2.24) is 4.90 Å². The summed E-state index contributed by atoms with van der Waals surface area (Å²) in [6.45, 7) is 12.6. The second-order valence-corrected chi connectivity index (χ2v) is 5.71. The molecule has 1 rings (SSSR count). The standard InChI is InChI=1S/C16H27FN2/c1-6-19(7-2)16(4,5)15(18)11-13-10-14(17)9-8-12(13)3/h8-10,15H,6-7,11,18H2,1-5H3. The van der Waals surface area contributed by atoms with Crippen molar-refractivity contribution in [2.24, 2.45) is 5.73 Å². The number of nitrogens with two attached hydrogens (primary N) is 1. The van der Waals surface area contributed by atoms with Crippen LogP contribution in [-0.4, -0.2) is 29.6 Å². The molecule has 0 saturated heterocycles. The molecule has 19 heavy (non-hydrogen) atoms. The van der Waals surface area contributed by atoms with E-state index in [2.05, 4.69) is 32.6 Å². The van der Waals surface area contributed by atoms with E-state index in [1.165, 1.54) is 6.07 Å². The fourth-order valence-electron chi connectivity index (χ4n) is 2.62. The molecule has 0 heterocycles. The van der Waals surface area contributed by atoms with Crippen molar-refractivity contribution in [2.75, 3.05) is 13.1 Å². The Balaban J connectivity index is 2.89. The van der Waals surface area contributed by atoms with Crippen molar-refractivity contribution in [1.29, 1.82) is 0 Å². The predicted molar refractivity (Wildman–Crippen MR) is 79.8 cm³/mol. The van der Waals surface area contributed by atoms with Crippen LogP contribution in [0.3, 0.4) is 0 Å². The maximum atomic E-state index is 13.3. The van der Waals surface area contributed by atoms with Gasteiger partial charge in [-0.25, -0.2) is 4.39 Å². The molecule has 0 aliphatic heterocycles. The largest absolute Gasteiger partial charge is 0.326 e. The summed E-state index contributed by atoms with van der Waals surface area (Å²) in [5, 5.41) is 0. The number of rotatable bonds is 6. The molecule has 1 unspecified atom stereocenters. The van der Waals surface area contributed by atoms with Crippen molar-refractivity contribution < 1.29 is 4.39 Å². The predicted octanol–water partition coefficient (Wildman–Crippen LogP) is 3.12. The minimum absolute atomic E-state index is 0.0205. The van der Waals surface area contributed by atoms with E-state index < -0.39 is 0 Å². The van der Waals surface area contributed by atoms with Crippen molar-refractivity contribution in [3.05, 3.63) is 35.1 Å². The van der Waals surface area contributed by atoms with Crippen LogP contribution in [0.15, 0.2) is 18.2 Å². The Labute approximate surface area is 116 Å². The fourth-order valence-corrected chi connectivity index (χ4v) is 2.62. The molecular formula is C16H27FN2. The van der Waals surface area contributed by atoms with Crippen molar-refractivity contribution in [3.63, 3.8) is 0 Å². The molecule has 1 atom stereocenters. The van der Waals surface area contributed by atoms with Gasteiger partial charge < -0.3 is 5.73 Å². The van der Waals surface area contributed by atoms with Crippen LogP contribution in [-0.2, 0) is 6.42 Å². The van der Waals surface area contributed by atoms with Gasteiger partial charge in [0, 0.05) is 11.6 Å². The van der Waals surface area contributed by atoms with Crippen LogP contribution in [0.5, 0.6) is 0 Å². The quantitative estimate of drug-likeness (QED) is 0.857. The number of aryl methyl sites for hydroxylation is 1. The van der Waals surface area contributed by atoms with Crippen LogP contribution >= 0.6 is 0 Å². The van der Waals surface area contributed by atoms with Crippen LogP contribution in [0, 0.1) is 12.7 Å². The van der Waals surface area contributed by atoms with E-state index in [9.17, 15) is 4.39 Å². The summed E-state index contributed by atoms with van der Waals surface area (Å²) < 4.78 is 13.3. The first-order valence-corrected chi connectivity index (χ1v) is 7.08. The van der Waals surface area contributed by atoms with Crippen LogP contribution in [0.25, 0.3) is 0 Å². The van der Waals surface area contributed by atoms with Crippen molar-refractivity contribution in [3.8, 4) is 0 Å². The topological polar surface area (TPSA) is 29.3 Å². The molecule has 0 aliphatic carbocycles. The SMILES string of the molecule is CCN(CC)C(C)(C)C(N)Cc1cc(F)ccc1C. The summed E-state index contributed by atoms with van der Waals surface area (Å²) in [7, 11) is 0. The van der Waals surface area contributed by atoms with Crippen LogP contribution in [0.1, 0.15) is 38.8 Å². The summed E-state index contributed by atoms with van der Waals surface area (Å²) in [4.78, 5) is 2.35. The Morgan fingerprint density at radius 2 is 1.84 bits per heavy atom. The number of nitrogens with zero attached hydrogens (tertiary/aromatic N) is 1. The van der Waals surface area contributed by atoms with Gasteiger partial charge in [-0.2, -0.15) is 0 Å². The Morgan fingerprint density at radius 3 is 2.37 bits per heavy atom. The van der Waals surface area contributed by atoms with Gasteiger partial charge in [-0.3, -0.25) is 4.90 Å². The molecule has 0 aliphatic rings. The zero-order chi connectivity index (χ0) is 14.6. The molecule has 2 N–H and O–H groups in total. The van der Waals surface area contributed by atoms with E-state index in [0.717, 1.165) is 24.2 Å². The first kappa shape index (κ1) is 16.1. The van der Waals surface area contributed by atoms with Crippen LogP contribution in [0.4, 0.5) is 4.39 Å². The minimum atomic E-state index is -0.187. The van der Waals surface area contributed by atoms with E-state index in [1.807, 2.05) is 13.0 Å². The van der Waals surface area contributed by atoms with E-state index in [-0.39, 0.29) is 17.4 Å². The number of hydrogen-bond donors (Lipinski definition) is 1. The van der Waals surface area contributed by atoms with Gasteiger partial charge in [0.25, 0.3) is 0 Å². The third kappa shape index (κ3) is 3.77. The third-order valence-corrected chi connectivity index (χ3v) is 4.24. The second-order valence-electron chi connectivity index (χ2n) is 5.71. The van der Waals surface area contributed by atoms with E-state index in [1.54, 1.807) is 6.07 Å². The fraction of sp³-hybridized carbons (Fsp3) is 0.625. The lowest BCUT2D eigenvalue weighted by atomic mass is 9.87. The normalized spacial score (nSPS) is 13.9. The van der Waals surface area contributed by atoms with Crippen LogP contribution in [0.2, 0.25) is 0 Å². The first-order chi connectivity index (χ1) is 8.82. The van der Waals surface area contributed by atoms with Gasteiger partial charge in [-0.15, -0.1) is 0 Å². The molecule has 0 fully saturated rings. The Bertz CT molecular complexity index is 411. The van der Waals surface area contributed by atoms with Crippen LogP contribution < -0.4 is 5.73 Å². The maximum absolute atomic E-state index is 13.3. The monoisotopic (exact) mass is 266 g/mol. The van der Waals surface area contributed by atoms with E-state index in [4.69, 9.17) is 5.73 Å². The Hall–Kier alpha value is -0.930. The number of likely N-dealkylation sites (N-methyl/N-ethyl adjacent to an activating group) is 1. The molecule has 108 valence electrons. The Kier molecular flexibility index (Phi) is 5.50. The summed E-state index contributed by atoms with van der Waals surface area (Å²) in [6.07, 6.45) is 0.701. The molecule has 0 bridgehead atoms. The van der Waals surface area contributed by atoms with Crippen molar-refractivity contribution >= 4 is 0 Å². The van der Waals surface area contributed by atoms with Crippen molar-refractivity contribution in [2.45, 2.75) is 52.6 Å².